The lowest BCUT2D eigenvalue weighted by molar-refractivity contribution is -0.146. The summed E-state index contributed by atoms with van der Waals surface area (Å²) in [5.41, 5.74) is 4.42. The Labute approximate surface area is 176 Å². The minimum absolute atomic E-state index is 0.0784. The van der Waals surface area contributed by atoms with Gasteiger partial charge in [0.1, 0.15) is 0 Å². The number of ether oxygens (including phenoxy) is 1. The van der Waals surface area contributed by atoms with E-state index in [-0.39, 0.29) is 24.2 Å². The molecule has 5 heteroatoms. The summed E-state index contributed by atoms with van der Waals surface area (Å²) in [6.45, 7) is 3.91. The summed E-state index contributed by atoms with van der Waals surface area (Å²) in [5.74, 6) is -0.677. The molecule has 0 aliphatic carbocycles. The Hall–Kier alpha value is -3.47. The molecule has 2 heterocycles. The van der Waals surface area contributed by atoms with E-state index in [9.17, 15) is 9.59 Å². The molecule has 0 saturated heterocycles. The third-order valence-corrected chi connectivity index (χ3v) is 5.66. The maximum atomic E-state index is 12.6. The second-order valence-corrected chi connectivity index (χ2v) is 8.03. The van der Waals surface area contributed by atoms with Crippen LogP contribution in [0.15, 0.2) is 72.6 Å². The van der Waals surface area contributed by atoms with Crippen molar-refractivity contribution in [3.8, 4) is 0 Å². The number of carbonyl (C=O) groups is 2. The second kappa shape index (κ2) is 7.75. The van der Waals surface area contributed by atoms with Crippen LogP contribution in [0.4, 0.5) is 5.69 Å². The van der Waals surface area contributed by atoms with Crippen LogP contribution in [-0.4, -0.2) is 30.4 Å². The number of para-hydroxylation sites is 2. The number of pyridine rings is 1. The third-order valence-electron chi connectivity index (χ3n) is 5.66. The van der Waals surface area contributed by atoms with Crippen molar-refractivity contribution >= 4 is 28.3 Å². The van der Waals surface area contributed by atoms with E-state index in [1.807, 2.05) is 60.5 Å². The number of benzene rings is 2. The van der Waals surface area contributed by atoms with E-state index in [1.54, 1.807) is 12.3 Å². The Morgan fingerprint density at radius 2 is 1.83 bits per heavy atom. The number of likely N-dealkylation sites (N-methyl/N-ethyl adjacent to an activating group) is 1. The molecule has 1 aliphatic rings. The first kappa shape index (κ1) is 19.8. The number of esters is 1. The van der Waals surface area contributed by atoms with Crippen LogP contribution in [-0.2, 0) is 26.2 Å². The van der Waals surface area contributed by atoms with Gasteiger partial charge in [-0.25, -0.2) is 0 Å². The molecule has 0 radical (unpaired) electrons. The highest BCUT2D eigenvalue weighted by Crippen LogP contribution is 2.46. The zero-order valence-corrected chi connectivity index (χ0v) is 17.4. The van der Waals surface area contributed by atoms with Crippen LogP contribution in [0.1, 0.15) is 25.0 Å². The van der Waals surface area contributed by atoms with E-state index in [1.165, 1.54) is 5.56 Å². The Morgan fingerprint density at radius 3 is 2.63 bits per heavy atom. The molecular weight excluding hydrogens is 376 g/mol. The van der Waals surface area contributed by atoms with Gasteiger partial charge in [-0.2, -0.15) is 0 Å². The van der Waals surface area contributed by atoms with E-state index in [0.29, 0.717) is 0 Å². The lowest BCUT2D eigenvalue weighted by atomic mass is 9.83. The number of aromatic nitrogens is 1. The molecule has 3 aromatic rings. The highest BCUT2D eigenvalue weighted by atomic mass is 16.5. The fourth-order valence-electron chi connectivity index (χ4n) is 4.12. The largest absolute Gasteiger partial charge is 0.457 e. The van der Waals surface area contributed by atoms with Gasteiger partial charge in [-0.1, -0.05) is 56.3 Å². The highest BCUT2D eigenvalue weighted by molar-refractivity contribution is 5.95. The van der Waals surface area contributed by atoms with Gasteiger partial charge in [-0.05, 0) is 23.3 Å². The molecule has 0 amide bonds. The lowest BCUT2D eigenvalue weighted by Crippen LogP contribution is -2.25. The van der Waals surface area contributed by atoms with Crippen LogP contribution in [0.3, 0.4) is 0 Å². The van der Waals surface area contributed by atoms with Crippen molar-refractivity contribution in [2.24, 2.45) is 0 Å². The molecule has 0 fully saturated rings. The molecule has 0 spiro atoms. The van der Waals surface area contributed by atoms with E-state index >= 15 is 0 Å². The molecule has 0 bridgehead atoms. The third kappa shape index (κ3) is 3.59. The highest BCUT2D eigenvalue weighted by Gasteiger charge is 2.38. The number of nitrogens with zero attached hydrogens (tertiary/aromatic N) is 2. The van der Waals surface area contributed by atoms with E-state index < -0.39 is 5.97 Å². The SMILES string of the molecule is CN1/C(=C\C(=O)COC(=O)Cc2cccc3cccnc23)C(C)(C)c2ccccc21. The predicted octanol–water partition coefficient (Wildman–Crippen LogP) is 4.20. The van der Waals surface area contributed by atoms with Crippen LogP contribution in [0.5, 0.6) is 0 Å². The van der Waals surface area contributed by atoms with E-state index in [0.717, 1.165) is 27.9 Å². The van der Waals surface area contributed by atoms with Gasteiger partial charge in [0.2, 0.25) is 0 Å². The van der Waals surface area contributed by atoms with Gasteiger partial charge in [0.15, 0.2) is 12.4 Å². The molecule has 2 aromatic carbocycles. The number of allylic oxidation sites excluding steroid dienone is 1. The molecule has 5 nitrogen and oxygen atoms in total. The summed E-state index contributed by atoms with van der Waals surface area (Å²) in [4.78, 5) is 31.3. The molecule has 0 atom stereocenters. The van der Waals surface area contributed by atoms with Crippen molar-refractivity contribution in [2.75, 3.05) is 18.6 Å². The molecular formula is C25H24N2O3. The fraction of sp³-hybridized carbons (Fsp3) is 0.240. The monoisotopic (exact) mass is 400 g/mol. The van der Waals surface area contributed by atoms with Gasteiger partial charge in [0.05, 0.1) is 11.9 Å². The summed E-state index contributed by atoms with van der Waals surface area (Å²) in [5, 5.41) is 0.967. The number of rotatable bonds is 5. The Kier molecular flexibility index (Phi) is 5.12. The number of hydrogen-bond donors (Lipinski definition) is 0. The summed E-state index contributed by atoms with van der Waals surface area (Å²) >= 11 is 0. The van der Waals surface area contributed by atoms with Gasteiger partial charge in [-0.15, -0.1) is 0 Å². The van der Waals surface area contributed by atoms with Crippen molar-refractivity contribution in [3.05, 3.63) is 83.7 Å². The molecule has 1 aromatic heterocycles. The molecule has 1 aliphatic heterocycles. The minimum Gasteiger partial charge on any atom is -0.457 e. The number of anilines is 1. The standard InChI is InChI=1S/C25H24N2O3/c1-25(2)20-11-4-5-12-21(20)27(3)22(25)15-19(28)16-30-23(29)14-18-9-6-8-17-10-7-13-26-24(17)18/h4-13,15H,14,16H2,1-3H3/b22-15-. The lowest BCUT2D eigenvalue weighted by Gasteiger charge is -2.23. The smallest absolute Gasteiger partial charge is 0.310 e. The Morgan fingerprint density at radius 1 is 1.07 bits per heavy atom. The van der Waals surface area contributed by atoms with Gasteiger partial charge in [0, 0.05) is 41.5 Å². The normalized spacial score (nSPS) is 16.0. The number of hydrogen-bond acceptors (Lipinski definition) is 5. The van der Waals surface area contributed by atoms with Crippen molar-refractivity contribution < 1.29 is 14.3 Å². The zero-order chi connectivity index (χ0) is 21.3. The van der Waals surface area contributed by atoms with Gasteiger partial charge < -0.3 is 9.64 Å². The molecule has 0 unspecified atom stereocenters. The maximum absolute atomic E-state index is 12.6. The summed E-state index contributed by atoms with van der Waals surface area (Å²) in [7, 11) is 1.95. The predicted molar refractivity (Wildman–Crippen MR) is 117 cm³/mol. The van der Waals surface area contributed by atoms with Crippen LogP contribution >= 0.6 is 0 Å². The first-order chi connectivity index (χ1) is 14.4. The Bertz CT molecular complexity index is 1160. The van der Waals surface area contributed by atoms with E-state index in [4.69, 9.17) is 4.74 Å². The van der Waals surface area contributed by atoms with Crippen LogP contribution < -0.4 is 4.90 Å². The quantitative estimate of drug-likeness (QED) is 0.475. The molecule has 4 rings (SSSR count). The summed E-state index contributed by atoms with van der Waals surface area (Å²) < 4.78 is 5.27. The van der Waals surface area contributed by atoms with Gasteiger partial charge in [-0.3, -0.25) is 14.6 Å². The Balaban J connectivity index is 1.43. The van der Waals surface area contributed by atoms with Crippen LogP contribution in [0, 0.1) is 0 Å². The number of carbonyl (C=O) groups excluding carboxylic acids is 2. The fourth-order valence-corrected chi connectivity index (χ4v) is 4.12. The topological polar surface area (TPSA) is 59.5 Å². The zero-order valence-electron chi connectivity index (χ0n) is 17.4. The molecule has 152 valence electrons. The first-order valence-electron chi connectivity index (χ1n) is 9.94. The van der Waals surface area contributed by atoms with Crippen molar-refractivity contribution in [1.82, 2.24) is 4.98 Å². The minimum atomic E-state index is -0.442. The summed E-state index contributed by atoms with van der Waals surface area (Å²) in [6, 6.07) is 17.6. The van der Waals surface area contributed by atoms with Gasteiger partial charge >= 0.3 is 5.97 Å². The van der Waals surface area contributed by atoms with Crippen molar-refractivity contribution in [2.45, 2.75) is 25.7 Å². The van der Waals surface area contributed by atoms with Gasteiger partial charge in [0.25, 0.3) is 0 Å². The molecule has 30 heavy (non-hydrogen) atoms. The number of fused-ring (bicyclic) bond motifs is 2. The number of ketones is 1. The maximum Gasteiger partial charge on any atom is 0.310 e. The van der Waals surface area contributed by atoms with Crippen molar-refractivity contribution in [3.63, 3.8) is 0 Å². The second-order valence-electron chi connectivity index (χ2n) is 8.03. The summed E-state index contributed by atoms with van der Waals surface area (Å²) in [6.07, 6.45) is 3.37. The molecule has 0 saturated carbocycles. The average Bonchev–Trinajstić information content (AvgIpc) is 2.93. The van der Waals surface area contributed by atoms with Crippen molar-refractivity contribution in [1.29, 1.82) is 0 Å². The van der Waals surface area contributed by atoms with Crippen LogP contribution in [0.2, 0.25) is 0 Å². The first-order valence-corrected chi connectivity index (χ1v) is 9.94. The van der Waals surface area contributed by atoms with E-state index in [2.05, 4.69) is 24.9 Å². The van der Waals surface area contributed by atoms with Crippen LogP contribution in [0.25, 0.3) is 10.9 Å². The average molecular weight is 400 g/mol. The molecule has 0 N–H and O–H groups in total.